The minimum atomic E-state index is -0.0542. The summed E-state index contributed by atoms with van der Waals surface area (Å²) in [7, 11) is 0. The van der Waals surface area contributed by atoms with E-state index in [0.29, 0.717) is 12.5 Å². The Labute approximate surface area is 127 Å². The highest BCUT2D eigenvalue weighted by molar-refractivity contribution is 5.85. The van der Waals surface area contributed by atoms with Crippen molar-refractivity contribution in [1.82, 2.24) is 16.0 Å². The van der Waals surface area contributed by atoms with Gasteiger partial charge in [0.25, 0.3) is 0 Å². The van der Waals surface area contributed by atoms with Gasteiger partial charge in [0, 0.05) is 13.1 Å². The van der Waals surface area contributed by atoms with Crippen LogP contribution in [0.4, 0.5) is 0 Å². The quantitative estimate of drug-likeness (QED) is 0.530. The van der Waals surface area contributed by atoms with Gasteiger partial charge in [-0.25, -0.2) is 4.99 Å². The Hall–Kier alpha value is -2.04. The number of nitrogens with one attached hydrogen (secondary N) is 3. The summed E-state index contributed by atoms with van der Waals surface area (Å²) < 4.78 is 0. The number of carbonyl (C=O) groups excluding carboxylic acids is 1. The molecule has 0 aliphatic carbocycles. The lowest BCUT2D eigenvalue weighted by molar-refractivity contribution is -0.119. The molecule has 0 spiro atoms. The summed E-state index contributed by atoms with van der Waals surface area (Å²) in [6.45, 7) is 7.68. The lowest BCUT2D eigenvalue weighted by Gasteiger charge is -2.18. The van der Waals surface area contributed by atoms with Gasteiger partial charge in [-0.2, -0.15) is 0 Å². The van der Waals surface area contributed by atoms with Crippen LogP contribution in [0.15, 0.2) is 35.3 Å². The standard InChI is InChI=1S/C16H26N4O/c1-4-11-18-15(21)12-19-16(17-5-2)20-13(3)14-9-7-6-8-10-14/h6-10,13H,4-5,11-12H2,1-3H3,(H,18,21)(H2,17,19,20). The molecule has 1 amide bonds. The molecular weight excluding hydrogens is 264 g/mol. The molecule has 1 aromatic rings. The summed E-state index contributed by atoms with van der Waals surface area (Å²) in [5.41, 5.74) is 1.18. The first-order valence-corrected chi connectivity index (χ1v) is 7.53. The van der Waals surface area contributed by atoms with Gasteiger partial charge in [-0.05, 0) is 25.8 Å². The van der Waals surface area contributed by atoms with Crippen molar-refractivity contribution in [2.45, 2.75) is 33.2 Å². The maximum atomic E-state index is 11.6. The molecule has 0 bridgehead atoms. The summed E-state index contributed by atoms with van der Waals surface area (Å²) in [5.74, 6) is 0.599. The third-order valence-corrected chi connectivity index (χ3v) is 2.95. The van der Waals surface area contributed by atoms with Crippen LogP contribution in [0.3, 0.4) is 0 Å². The highest BCUT2D eigenvalue weighted by Crippen LogP contribution is 2.10. The second kappa shape index (κ2) is 9.80. The van der Waals surface area contributed by atoms with Crippen LogP contribution in [0.25, 0.3) is 0 Å². The maximum absolute atomic E-state index is 11.6. The second-order valence-corrected chi connectivity index (χ2v) is 4.82. The molecule has 21 heavy (non-hydrogen) atoms. The van der Waals surface area contributed by atoms with Gasteiger partial charge in [-0.3, -0.25) is 4.79 Å². The Morgan fingerprint density at radius 3 is 2.52 bits per heavy atom. The fourth-order valence-corrected chi connectivity index (χ4v) is 1.82. The van der Waals surface area contributed by atoms with Crippen molar-refractivity contribution >= 4 is 11.9 Å². The zero-order chi connectivity index (χ0) is 15.5. The molecular formula is C16H26N4O. The van der Waals surface area contributed by atoms with E-state index in [2.05, 4.69) is 40.0 Å². The Bertz CT molecular complexity index is 445. The van der Waals surface area contributed by atoms with E-state index < -0.39 is 0 Å². The van der Waals surface area contributed by atoms with E-state index in [-0.39, 0.29) is 18.5 Å². The van der Waals surface area contributed by atoms with E-state index in [0.717, 1.165) is 13.0 Å². The predicted molar refractivity (Wildman–Crippen MR) is 87.3 cm³/mol. The lowest BCUT2D eigenvalue weighted by Crippen LogP contribution is -2.39. The average Bonchev–Trinajstić information content (AvgIpc) is 2.51. The fraction of sp³-hybridized carbons (Fsp3) is 0.500. The van der Waals surface area contributed by atoms with E-state index in [1.165, 1.54) is 5.56 Å². The molecule has 0 saturated carbocycles. The van der Waals surface area contributed by atoms with Gasteiger partial charge in [0.1, 0.15) is 6.54 Å². The van der Waals surface area contributed by atoms with Crippen LogP contribution >= 0.6 is 0 Å². The van der Waals surface area contributed by atoms with Crippen molar-refractivity contribution < 1.29 is 4.79 Å². The molecule has 0 aliphatic heterocycles. The van der Waals surface area contributed by atoms with Gasteiger partial charge in [-0.15, -0.1) is 0 Å². The molecule has 0 fully saturated rings. The lowest BCUT2D eigenvalue weighted by atomic mass is 10.1. The first-order valence-electron chi connectivity index (χ1n) is 7.53. The number of guanidine groups is 1. The monoisotopic (exact) mass is 290 g/mol. The van der Waals surface area contributed by atoms with E-state index >= 15 is 0 Å². The van der Waals surface area contributed by atoms with Crippen LogP contribution in [-0.2, 0) is 4.79 Å². The molecule has 5 nitrogen and oxygen atoms in total. The number of amides is 1. The van der Waals surface area contributed by atoms with Gasteiger partial charge in [-0.1, -0.05) is 37.3 Å². The topological polar surface area (TPSA) is 65.5 Å². The van der Waals surface area contributed by atoms with Gasteiger partial charge >= 0.3 is 0 Å². The van der Waals surface area contributed by atoms with Gasteiger partial charge < -0.3 is 16.0 Å². The first kappa shape index (κ1) is 17.0. The van der Waals surface area contributed by atoms with Crippen LogP contribution in [0.2, 0.25) is 0 Å². The molecule has 3 N–H and O–H groups in total. The maximum Gasteiger partial charge on any atom is 0.241 e. The molecule has 0 saturated heterocycles. The normalized spacial score (nSPS) is 12.6. The van der Waals surface area contributed by atoms with Crippen molar-refractivity contribution in [3.63, 3.8) is 0 Å². The van der Waals surface area contributed by atoms with Crippen molar-refractivity contribution in [3.05, 3.63) is 35.9 Å². The minimum Gasteiger partial charge on any atom is -0.357 e. The van der Waals surface area contributed by atoms with E-state index in [4.69, 9.17) is 0 Å². The molecule has 0 aromatic heterocycles. The Morgan fingerprint density at radius 1 is 1.19 bits per heavy atom. The Morgan fingerprint density at radius 2 is 1.90 bits per heavy atom. The molecule has 0 heterocycles. The minimum absolute atomic E-state index is 0.0542. The molecule has 1 unspecified atom stereocenters. The summed E-state index contributed by atoms with van der Waals surface area (Å²) in [4.78, 5) is 15.9. The van der Waals surface area contributed by atoms with Crippen molar-refractivity contribution in [2.75, 3.05) is 19.6 Å². The first-order chi connectivity index (χ1) is 10.2. The van der Waals surface area contributed by atoms with Gasteiger partial charge in [0.05, 0.1) is 6.04 Å². The molecule has 1 aromatic carbocycles. The number of hydrogen-bond acceptors (Lipinski definition) is 2. The number of benzene rings is 1. The van der Waals surface area contributed by atoms with E-state index in [1.807, 2.05) is 32.0 Å². The Kier molecular flexibility index (Phi) is 7.94. The van der Waals surface area contributed by atoms with E-state index in [1.54, 1.807) is 0 Å². The molecule has 1 rings (SSSR count). The molecule has 5 heteroatoms. The highest BCUT2D eigenvalue weighted by atomic mass is 16.1. The molecule has 0 radical (unpaired) electrons. The molecule has 116 valence electrons. The van der Waals surface area contributed by atoms with Crippen LogP contribution in [0, 0.1) is 0 Å². The SMILES string of the molecule is CCCNC(=O)CN=C(NCC)NC(C)c1ccccc1. The largest absolute Gasteiger partial charge is 0.357 e. The van der Waals surface area contributed by atoms with Crippen LogP contribution < -0.4 is 16.0 Å². The zero-order valence-corrected chi connectivity index (χ0v) is 13.1. The number of nitrogens with zero attached hydrogens (tertiary/aromatic N) is 1. The van der Waals surface area contributed by atoms with Crippen molar-refractivity contribution in [3.8, 4) is 0 Å². The average molecular weight is 290 g/mol. The zero-order valence-electron chi connectivity index (χ0n) is 13.1. The molecule has 0 aliphatic rings. The third kappa shape index (κ3) is 6.79. The van der Waals surface area contributed by atoms with Gasteiger partial charge in [0.15, 0.2) is 5.96 Å². The number of carbonyl (C=O) groups is 1. The fourth-order valence-electron chi connectivity index (χ4n) is 1.82. The molecule has 1 atom stereocenters. The number of aliphatic imine (C=N–C) groups is 1. The third-order valence-electron chi connectivity index (χ3n) is 2.95. The van der Waals surface area contributed by atoms with Crippen LogP contribution in [0.5, 0.6) is 0 Å². The smallest absolute Gasteiger partial charge is 0.241 e. The summed E-state index contributed by atoms with van der Waals surface area (Å²) in [6.07, 6.45) is 0.929. The number of hydrogen-bond donors (Lipinski definition) is 3. The van der Waals surface area contributed by atoms with Crippen molar-refractivity contribution in [1.29, 1.82) is 0 Å². The second-order valence-electron chi connectivity index (χ2n) is 4.82. The highest BCUT2D eigenvalue weighted by Gasteiger charge is 2.07. The summed E-state index contributed by atoms with van der Waals surface area (Å²) >= 11 is 0. The van der Waals surface area contributed by atoms with Crippen LogP contribution in [0.1, 0.15) is 38.8 Å². The Balaban J connectivity index is 2.58. The number of rotatable bonds is 7. The van der Waals surface area contributed by atoms with E-state index in [9.17, 15) is 4.79 Å². The van der Waals surface area contributed by atoms with Crippen molar-refractivity contribution in [2.24, 2.45) is 4.99 Å². The summed E-state index contributed by atoms with van der Waals surface area (Å²) in [5, 5.41) is 9.27. The summed E-state index contributed by atoms with van der Waals surface area (Å²) in [6, 6.07) is 10.3. The van der Waals surface area contributed by atoms with Crippen LogP contribution in [-0.4, -0.2) is 31.5 Å². The predicted octanol–water partition coefficient (Wildman–Crippen LogP) is 1.83. The van der Waals surface area contributed by atoms with Gasteiger partial charge in [0.2, 0.25) is 5.91 Å².